The van der Waals surface area contributed by atoms with Crippen molar-refractivity contribution in [2.75, 3.05) is 12.4 Å². The first-order chi connectivity index (χ1) is 16.1. The molecule has 2 aromatic carbocycles. The third-order valence-corrected chi connectivity index (χ3v) is 5.36. The number of halogens is 3. The van der Waals surface area contributed by atoms with Crippen LogP contribution in [0.5, 0.6) is 11.5 Å². The topological polar surface area (TPSA) is 112 Å². The number of amides is 3. The first-order valence-corrected chi connectivity index (χ1v) is 10.6. The van der Waals surface area contributed by atoms with E-state index in [0.717, 1.165) is 30.5 Å². The summed E-state index contributed by atoms with van der Waals surface area (Å²) in [6.45, 7) is 0.348. The molecule has 3 amide bonds. The van der Waals surface area contributed by atoms with Gasteiger partial charge in [-0.3, -0.25) is 4.79 Å². The Morgan fingerprint density at radius 1 is 1.09 bits per heavy atom. The molecular formula is C23H26F3N3O5. The summed E-state index contributed by atoms with van der Waals surface area (Å²) in [4.78, 5) is 23.7. The highest BCUT2D eigenvalue weighted by molar-refractivity contribution is 5.93. The Bertz CT molecular complexity index is 1010. The van der Waals surface area contributed by atoms with Gasteiger partial charge in [-0.15, -0.1) is 13.2 Å². The van der Waals surface area contributed by atoms with Gasteiger partial charge in [0, 0.05) is 17.7 Å². The Morgan fingerprint density at radius 2 is 1.82 bits per heavy atom. The van der Waals surface area contributed by atoms with Gasteiger partial charge in [0.2, 0.25) is 5.91 Å². The van der Waals surface area contributed by atoms with Crippen LogP contribution in [-0.4, -0.2) is 37.6 Å². The second-order valence-electron chi connectivity index (χ2n) is 7.86. The van der Waals surface area contributed by atoms with E-state index < -0.39 is 24.1 Å². The third-order valence-electron chi connectivity index (χ3n) is 5.36. The molecule has 0 radical (unpaired) electrons. The summed E-state index contributed by atoms with van der Waals surface area (Å²) in [7, 11) is 1.34. The molecule has 184 valence electrons. The molecule has 11 heteroatoms. The molecule has 0 heterocycles. The smallest absolute Gasteiger partial charge is 0.495 e. The molecule has 0 saturated heterocycles. The number of primary amides is 1. The molecule has 34 heavy (non-hydrogen) atoms. The lowest BCUT2D eigenvalue weighted by Crippen LogP contribution is -2.41. The van der Waals surface area contributed by atoms with E-state index in [1.54, 1.807) is 18.2 Å². The fraction of sp³-hybridized carbons (Fsp3) is 0.391. The molecule has 1 aliphatic carbocycles. The minimum Gasteiger partial charge on any atom is -0.495 e. The molecule has 0 atom stereocenters. The van der Waals surface area contributed by atoms with Crippen molar-refractivity contribution in [2.24, 2.45) is 5.73 Å². The lowest BCUT2D eigenvalue weighted by molar-refractivity contribution is -0.274. The van der Waals surface area contributed by atoms with E-state index in [1.165, 1.54) is 13.2 Å². The van der Waals surface area contributed by atoms with Crippen molar-refractivity contribution in [2.45, 2.75) is 50.8 Å². The number of methoxy groups -OCH3 is 1. The van der Waals surface area contributed by atoms with Crippen LogP contribution in [0.15, 0.2) is 42.5 Å². The van der Waals surface area contributed by atoms with Gasteiger partial charge in [-0.25, -0.2) is 4.79 Å². The maximum absolute atomic E-state index is 12.5. The van der Waals surface area contributed by atoms with Crippen molar-refractivity contribution in [1.29, 1.82) is 0 Å². The van der Waals surface area contributed by atoms with E-state index in [1.807, 2.05) is 6.07 Å². The highest BCUT2D eigenvalue weighted by Crippen LogP contribution is 2.32. The predicted octanol–water partition coefficient (Wildman–Crippen LogP) is 4.34. The molecule has 2 aromatic rings. The first-order valence-electron chi connectivity index (χ1n) is 10.6. The zero-order valence-electron chi connectivity index (χ0n) is 18.5. The van der Waals surface area contributed by atoms with Crippen molar-refractivity contribution in [3.8, 4) is 11.5 Å². The quantitative estimate of drug-likeness (QED) is 0.519. The van der Waals surface area contributed by atoms with Gasteiger partial charge in [0.05, 0.1) is 25.5 Å². The number of benzene rings is 2. The van der Waals surface area contributed by atoms with Crippen molar-refractivity contribution in [3.63, 3.8) is 0 Å². The molecule has 0 aromatic heterocycles. The summed E-state index contributed by atoms with van der Waals surface area (Å²) in [5.74, 6) is -0.770. The van der Waals surface area contributed by atoms with Crippen LogP contribution in [-0.2, 0) is 11.3 Å². The molecule has 1 saturated carbocycles. The standard InChI is InChI=1S/C23H26F3N3O5/c1-32-20-10-9-18(34-23(24,25)26)12-19(20)29-22(31)28-16-5-7-17(8-6-16)33-13-14-3-2-4-15(11-14)21(27)30/h2-4,9-12,16-17H,5-8,13H2,1H3,(H2,27,30)(H2,28,29,31). The van der Waals surface area contributed by atoms with Gasteiger partial charge >= 0.3 is 12.4 Å². The van der Waals surface area contributed by atoms with Gasteiger partial charge < -0.3 is 30.6 Å². The van der Waals surface area contributed by atoms with Crippen LogP contribution in [0, 0.1) is 0 Å². The van der Waals surface area contributed by atoms with Crippen LogP contribution in [0.25, 0.3) is 0 Å². The number of carbonyl (C=O) groups excluding carboxylic acids is 2. The van der Waals surface area contributed by atoms with Gasteiger partial charge in [0.25, 0.3) is 0 Å². The van der Waals surface area contributed by atoms with Crippen molar-refractivity contribution < 1.29 is 37.0 Å². The van der Waals surface area contributed by atoms with E-state index in [9.17, 15) is 22.8 Å². The summed E-state index contributed by atoms with van der Waals surface area (Å²) in [6, 6.07) is 9.69. The number of rotatable bonds is 8. The summed E-state index contributed by atoms with van der Waals surface area (Å²) in [6.07, 6.45) is -2.05. The van der Waals surface area contributed by atoms with E-state index in [0.29, 0.717) is 25.0 Å². The summed E-state index contributed by atoms with van der Waals surface area (Å²) in [5, 5.41) is 5.34. The number of nitrogens with two attached hydrogens (primary N) is 1. The average Bonchev–Trinajstić information content (AvgIpc) is 2.78. The van der Waals surface area contributed by atoms with Crippen molar-refractivity contribution in [1.82, 2.24) is 5.32 Å². The Morgan fingerprint density at radius 3 is 2.47 bits per heavy atom. The van der Waals surface area contributed by atoms with Crippen LogP contribution in [0.1, 0.15) is 41.6 Å². The van der Waals surface area contributed by atoms with Gasteiger partial charge in [-0.05, 0) is 55.5 Å². The number of anilines is 1. The number of urea groups is 1. The SMILES string of the molecule is COc1ccc(OC(F)(F)F)cc1NC(=O)NC1CCC(OCc2cccc(C(N)=O)c2)CC1. The molecule has 0 spiro atoms. The normalized spacial score (nSPS) is 18.1. The van der Waals surface area contributed by atoms with Crippen LogP contribution in [0.2, 0.25) is 0 Å². The van der Waals surface area contributed by atoms with E-state index in [-0.39, 0.29) is 23.6 Å². The van der Waals surface area contributed by atoms with Crippen LogP contribution in [0.3, 0.4) is 0 Å². The monoisotopic (exact) mass is 481 g/mol. The average molecular weight is 481 g/mol. The lowest BCUT2D eigenvalue weighted by atomic mass is 9.93. The minimum absolute atomic E-state index is 0.00892. The number of carbonyl (C=O) groups is 2. The van der Waals surface area contributed by atoms with Gasteiger partial charge in [0.15, 0.2) is 0 Å². The molecule has 0 aliphatic heterocycles. The number of ether oxygens (including phenoxy) is 3. The molecule has 3 rings (SSSR count). The Hall–Kier alpha value is -3.47. The maximum Gasteiger partial charge on any atom is 0.573 e. The Balaban J connectivity index is 1.47. The second-order valence-corrected chi connectivity index (χ2v) is 7.86. The molecule has 8 nitrogen and oxygen atoms in total. The molecule has 0 bridgehead atoms. The van der Waals surface area contributed by atoms with Crippen LogP contribution in [0.4, 0.5) is 23.7 Å². The Kier molecular flexibility index (Phi) is 8.21. The van der Waals surface area contributed by atoms with E-state index in [4.69, 9.17) is 15.2 Å². The molecule has 0 unspecified atom stereocenters. The number of nitrogens with one attached hydrogen (secondary N) is 2. The van der Waals surface area contributed by atoms with Gasteiger partial charge in [-0.1, -0.05) is 12.1 Å². The molecular weight excluding hydrogens is 455 g/mol. The largest absolute Gasteiger partial charge is 0.573 e. The van der Waals surface area contributed by atoms with Crippen molar-refractivity contribution in [3.05, 3.63) is 53.6 Å². The van der Waals surface area contributed by atoms with Crippen molar-refractivity contribution >= 4 is 17.6 Å². The number of hydrogen-bond acceptors (Lipinski definition) is 5. The molecule has 1 fully saturated rings. The number of hydrogen-bond donors (Lipinski definition) is 3. The third kappa shape index (κ3) is 7.55. The summed E-state index contributed by atoms with van der Waals surface area (Å²) in [5.41, 5.74) is 6.62. The summed E-state index contributed by atoms with van der Waals surface area (Å²) >= 11 is 0. The highest BCUT2D eigenvalue weighted by atomic mass is 19.4. The number of alkyl halides is 3. The second kappa shape index (κ2) is 11.1. The van der Waals surface area contributed by atoms with Gasteiger partial charge in [0.1, 0.15) is 11.5 Å². The van der Waals surface area contributed by atoms with Gasteiger partial charge in [-0.2, -0.15) is 0 Å². The predicted molar refractivity (Wildman–Crippen MR) is 118 cm³/mol. The lowest BCUT2D eigenvalue weighted by Gasteiger charge is -2.29. The highest BCUT2D eigenvalue weighted by Gasteiger charge is 2.31. The fourth-order valence-electron chi connectivity index (χ4n) is 3.73. The van der Waals surface area contributed by atoms with Crippen LogP contribution >= 0.6 is 0 Å². The fourth-order valence-corrected chi connectivity index (χ4v) is 3.73. The zero-order valence-corrected chi connectivity index (χ0v) is 18.5. The Labute approximate surface area is 194 Å². The van der Waals surface area contributed by atoms with Crippen LogP contribution < -0.4 is 25.8 Å². The maximum atomic E-state index is 12.5. The van der Waals surface area contributed by atoms with E-state index in [2.05, 4.69) is 15.4 Å². The minimum atomic E-state index is -4.85. The molecule has 1 aliphatic rings. The summed E-state index contributed by atoms with van der Waals surface area (Å²) < 4.78 is 52.4. The van der Waals surface area contributed by atoms with E-state index >= 15 is 0 Å². The molecule has 4 N–H and O–H groups in total. The zero-order chi connectivity index (χ0) is 24.7. The first kappa shape index (κ1) is 25.2.